The number of likely N-dealkylation sites (N-methyl/N-ethyl adjacent to an activating group) is 1. The average Bonchev–Trinajstić information content (AvgIpc) is 2.99. The minimum atomic E-state index is -0.277. The predicted octanol–water partition coefficient (Wildman–Crippen LogP) is 2.80. The third-order valence-electron chi connectivity index (χ3n) is 4.24. The Morgan fingerprint density at radius 2 is 2.13 bits per heavy atom. The van der Waals surface area contributed by atoms with Gasteiger partial charge in [0.25, 0.3) is 0 Å². The van der Waals surface area contributed by atoms with Gasteiger partial charge in [-0.25, -0.2) is 4.39 Å². The number of anilines is 1. The van der Waals surface area contributed by atoms with E-state index in [2.05, 4.69) is 32.4 Å². The molecule has 23 heavy (non-hydrogen) atoms. The third-order valence-corrected chi connectivity index (χ3v) is 4.24. The van der Waals surface area contributed by atoms with Crippen molar-refractivity contribution in [1.29, 1.82) is 0 Å². The summed E-state index contributed by atoms with van der Waals surface area (Å²) in [5, 5.41) is 11.0. The Balaban J connectivity index is 1.80. The van der Waals surface area contributed by atoms with Crippen LogP contribution in [0.15, 0.2) is 30.5 Å². The zero-order valence-corrected chi connectivity index (χ0v) is 13.1. The molecule has 3 heterocycles. The van der Waals surface area contributed by atoms with Gasteiger partial charge in [0.15, 0.2) is 0 Å². The number of pyridine rings is 1. The summed E-state index contributed by atoms with van der Waals surface area (Å²) in [4.78, 5) is 6.80. The van der Waals surface area contributed by atoms with Crippen molar-refractivity contribution in [3.8, 4) is 11.3 Å². The molecule has 1 aliphatic rings. The number of nitrogens with zero attached hydrogens (tertiary/aromatic N) is 3. The van der Waals surface area contributed by atoms with Crippen molar-refractivity contribution < 1.29 is 4.39 Å². The van der Waals surface area contributed by atoms with Gasteiger partial charge >= 0.3 is 0 Å². The van der Waals surface area contributed by atoms with E-state index in [1.54, 1.807) is 24.4 Å². The number of fused-ring (bicyclic) bond motifs is 1. The maximum absolute atomic E-state index is 14.5. The lowest BCUT2D eigenvalue weighted by molar-refractivity contribution is 0.205. The molecule has 2 aromatic heterocycles. The summed E-state index contributed by atoms with van der Waals surface area (Å²) in [7, 11) is 2.09. The fraction of sp³-hybridized carbons (Fsp3) is 0.294. The summed E-state index contributed by atoms with van der Waals surface area (Å²) in [5.41, 5.74) is 3.78. The number of hydrogen-bond donors (Lipinski definition) is 2. The fourth-order valence-corrected chi connectivity index (χ4v) is 3.12. The topological polar surface area (TPSA) is 56.8 Å². The molecule has 1 aromatic carbocycles. The molecule has 1 fully saturated rings. The lowest BCUT2D eigenvalue weighted by Crippen LogP contribution is -2.52. The van der Waals surface area contributed by atoms with Crippen LogP contribution in [-0.2, 0) is 0 Å². The van der Waals surface area contributed by atoms with E-state index in [0.29, 0.717) is 17.3 Å². The normalized spacial score (nSPS) is 15.8. The molecule has 2 N–H and O–H groups in total. The van der Waals surface area contributed by atoms with E-state index in [9.17, 15) is 4.39 Å². The number of hydrogen-bond acceptors (Lipinski definition) is 4. The number of aryl methyl sites for hydroxylation is 1. The number of nitrogens with one attached hydrogen (secondary N) is 2. The molecule has 1 aliphatic heterocycles. The number of halogens is 1. The van der Waals surface area contributed by atoms with Crippen LogP contribution in [0, 0.1) is 12.7 Å². The van der Waals surface area contributed by atoms with Gasteiger partial charge in [-0.05, 0) is 38.2 Å². The zero-order valence-electron chi connectivity index (χ0n) is 13.1. The van der Waals surface area contributed by atoms with E-state index in [1.807, 2.05) is 13.0 Å². The summed E-state index contributed by atoms with van der Waals surface area (Å²) < 4.78 is 14.5. The van der Waals surface area contributed by atoms with E-state index in [1.165, 1.54) is 0 Å². The average molecular weight is 311 g/mol. The highest BCUT2D eigenvalue weighted by atomic mass is 19.1. The van der Waals surface area contributed by atoms with Gasteiger partial charge < -0.3 is 10.2 Å². The summed E-state index contributed by atoms with van der Waals surface area (Å²) >= 11 is 0. The monoisotopic (exact) mass is 311 g/mol. The van der Waals surface area contributed by atoms with Crippen LogP contribution < -0.4 is 5.32 Å². The van der Waals surface area contributed by atoms with Crippen molar-refractivity contribution in [1.82, 2.24) is 20.1 Å². The minimum Gasteiger partial charge on any atom is -0.379 e. The van der Waals surface area contributed by atoms with Crippen LogP contribution in [0.3, 0.4) is 0 Å². The number of aromatic amines is 1. The van der Waals surface area contributed by atoms with Crippen molar-refractivity contribution in [2.24, 2.45) is 0 Å². The Morgan fingerprint density at radius 3 is 2.83 bits per heavy atom. The second-order valence-corrected chi connectivity index (χ2v) is 6.19. The molecule has 1 saturated heterocycles. The van der Waals surface area contributed by atoms with Crippen LogP contribution in [0.5, 0.6) is 0 Å². The van der Waals surface area contributed by atoms with E-state index < -0.39 is 0 Å². The largest absolute Gasteiger partial charge is 0.379 e. The van der Waals surface area contributed by atoms with Gasteiger partial charge in [-0.2, -0.15) is 5.10 Å². The molecule has 118 valence electrons. The molecule has 0 atom stereocenters. The highest BCUT2D eigenvalue weighted by Crippen LogP contribution is 2.31. The molecule has 5 nitrogen and oxygen atoms in total. The SMILES string of the molecule is Cc1cc(NC2CN(C)C2)c2cc(F)c(-c3ccn[nH]3)cc2n1. The molecule has 4 rings (SSSR count). The van der Waals surface area contributed by atoms with Crippen LogP contribution >= 0.6 is 0 Å². The fourth-order valence-electron chi connectivity index (χ4n) is 3.12. The number of benzene rings is 1. The third kappa shape index (κ3) is 2.55. The second kappa shape index (κ2) is 5.31. The van der Waals surface area contributed by atoms with Crippen LogP contribution in [-0.4, -0.2) is 46.3 Å². The first kappa shape index (κ1) is 14.1. The van der Waals surface area contributed by atoms with Crippen molar-refractivity contribution in [2.75, 3.05) is 25.5 Å². The molecule has 0 radical (unpaired) electrons. The molecular formula is C17H18FN5. The van der Waals surface area contributed by atoms with Crippen LogP contribution in [0.2, 0.25) is 0 Å². The Labute approximate surface area is 133 Å². The standard InChI is InChI=1S/C17H18FN5/c1-10-5-16(21-11-8-23(2)9-11)13-6-14(18)12(7-17(13)20-10)15-3-4-19-22-15/h3-7,11H,8-9H2,1-2H3,(H,19,22)(H,20,21). The molecule has 0 unspecified atom stereocenters. The molecule has 0 saturated carbocycles. The lowest BCUT2D eigenvalue weighted by atomic mass is 10.0. The van der Waals surface area contributed by atoms with E-state index in [4.69, 9.17) is 0 Å². The maximum Gasteiger partial charge on any atom is 0.133 e. The summed E-state index contributed by atoms with van der Waals surface area (Å²) in [6.45, 7) is 3.95. The molecule has 0 amide bonds. The van der Waals surface area contributed by atoms with Gasteiger partial charge in [0.2, 0.25) is 0 Å². The van der Waals surface area contributed by atoms with E-state index >= 15 is 0 Å². The van der Waals surface area contributed by atoms with Crippen LogP contribution in [0.25, 0.3) is 22.2 Å². The number of likely N-dealkylation sites (tertiary alicyclic amines) is 1. The Hall–Kier alpha value is -2.47. The number of H-pyrrole nitrogens is 1. The first-order chi connectivity index (χ1) is 11.1. The first-order valence-electron chi connectivity index (χ1n) is 7.66. The van der Waals surface area contributed by atoms with Crippen LogP contribution in [0.1, 0.15) is 5.69 Å². The van der Waals surface area contributed by atoms with E-state index in [-0.39, 0.29) is 5.82 Å². The Bertz CT molecular complexity index is 853. The van der Waals surface area contributed by atoms with Crippen molar-refractivity contribution in [2.45, 2.75) is 13.0 Å². The van der Waals surface area contributed by atoms with E-state index in [0.717, 1.165) is 35.4 Å². The molecule has 0 aliphatic carbocycles. The van der Waals surface area contributed by atoms with Gasteiger partial charge in [-0.1, -0.05) is 0 Å². The van der Waals surface area contributed by atoms with Crippen molar-refractivity contribution in [3.63, 3.8) is 0 Å². The van der Waals surface area contributed by atoms with Crippen LogP contribution in [0.4, 0.5) is 10.1 Å². The highest BCUT2D eigenvalue weighted by molar-refractivity contribution is 5.94. The molecular weight excluding hydrogens is 293 g/mol. The van der Waals surface area contributed by atoms with Gasteiger partial charge in [-0.3, -0.25) is 10.1 Å². The first-order valence-corrected chi connectivity index (χ1v) is 7.66. The summed E-state index contributed by atoms with van der Waals surface area (Å²) in [5.74, 6) is -0.277. The van der Waals surface area contributed by atoms with Gasteiger partial charge in [0.05, 0.1) is 17.3 Å². The summed E-state index contributed by atoms with van der Waals surface area (Å²) in [6, 6.07) is 7.48. The van der Waals surface area contributed by atoms with Gasteiger partial charge in [-0.15, -0.1) is 0 Å². The lowest BCUT2D eigenvalue weighted by Gasteiger charge is -2.37. The molecule has 0 spiro atoms. The van der Waals surface area contributed by atoms with Crippen molar-refractivity contribution >= 4 is 16.6 Å². The van der Waals surface area contributed by atoms with Gasteiger partial charge in [0.1, 0.15) is 5.82 Å². The van der Waals surface area contributed by atoms with Crippen molar-refractivity contribution in [3.05, 3.63) is 42.0 Å². The molecule has 3 aromatic rings. The maximum atomic E-state index is 14.5. The zero-order chi connectivity index (χ0) is 16.0. The molecule has 6 heteroatoms. The molecule has 0 bridgehead atoms. The highest BCUT2D eigenvalue weighted by Gasteiger charge is 2.23. The smallest absolute Gasteiger partial charge is 0.133 e. The minimum absolute atomic E-state index is 0.277. The second-order valence-electron chi connectivity index (χ2n) is 6.19. The number of rotatable bonds is 3. The Morgan fingerprint density at radius 1 is 1.30 bits per heavy atom. The van der Waals surface area contributed by atoms with Gasteiger partial charge in [0, 0.05) is 41.6 Å². The predicted molar refractivity (Wildman–Crippen MR) is 88.9 cm³/mol. The summed E-state index contributed by atoms with van der Waals surface area (Å²) in [6.07, 6.45) is 1.61. The number of aromatic nitrogens is 3. The Kier molecular flexibility index (Phi) is 3.27. The quantitative estimate of drug-likeness (QED) is 0.781.